The highest BCUT2D eigenvalue weighted by Crippen LogP contribution is 2.44. The minimum absolute atomic E-state index is 0.00182. The molecule has 0 aliphatic heterocycles. The van der Waals surface area contributed by atoms with Crippen LogP contribution in [0, 0.1) is 0 Å². The number of ketones is 2. The van der Waals surface area contributed by atoms with Crippen LogP contribution in [0.15, 0.2) is 77.7 Å². The minimum Gasteiger partial charge on any atom is -0.508 e. The molecule has 0 heterocycles. The fourth-order valence-corrected chi connectivity index (χ4v) is 4.36. The van der Waals surface area contributed by atoms with Crippen LogP contribution in [-0.4, -0.2) is 21.8 Å². The Morgan fingerprint density at radius 3 is 2.11 bits per heavy atom. The first-order chi connectivity index (χ1) is 16.9. The number of nitrogens with two attached hydrogens (primary N) is 2. The molecule has 4 aromatic rings. The monoisotopic (exact) mass is 485 g/mol. The summed E-state index contributed by atoms with van der Waals surface area (Å²) in [7, 11) is 0. The van der Waals surface area contributed by atoms with Crippen LogP contribution in [0.5, 0.6) is 23.0 Å². The quantitative estimate of drug-likeness (QED) is 0.132. The number of aromatic hydroxyl groups is 2. The Hall–Kier alpha value is -4.47. The van der Waals surface area contributed by atoms with Crippen molar-refractivity contribution in [1.82, 2.24) is 0 Å². The number of rotatable bonds is 5. The molecule has 8 nitrogen and oxygen atoms in total. The molecule has 1 aliphatic rings. The molecule has 0 atom stereocenters. The zero-order valence-electron chi connectivity index (χ0n) is 18.1. The molecule has 0 fully saturated rings. The van der Waals surface area contributed by atoms with E-state index in [0.29, 0.717) is 10.6 Å². The molecule has 0 amide bonds. The Kier molecular flexibility index (Phi) is 5.56. The van der Waals surface area contributed by atoms with Gasteiger partial charge in [-0.05, 0) is 48.3 Å². The van der Waals surface area contributed by atoms with E-state index in [0.717, 1.165) is 11.9 Å². The van der Waals surface area contributed by atoms with Gasteiger partial charge in [0.2, 0.25) is 0 Å². The van der Waals surface area contributed by atoms with Crippen LogP contribution in [0.2, 0.25) is 0 Å². The summed E-state index contributed by atoms with van der Waals surface area (Å²) in [5.74, 6) is -0.363. The molecule has 0 spiro atoms. The highest BCUT2D eigenvalue weighted by atomic mass is 32.2. The Morgan fingerprint density at radius 2 is 1.46 bits per heavy atom. The van der Waals surface area contributed by atoms with Gasteiger partial charge in [0.1, 0.15) is 11.5 Å². The van der Waals surface area contributed by atoms with Crippen molar-refractivity contribution in [2.75, 3.05) is 11.1 Å². The van der Waals surface area contributed by atoms with E-state index in [1.165, 1.54) is 30.3 Å². The molecule has 5 rings (SSSR count). The maximum atomic E-state index is 13.5. The summed E-state index contributed by atoms with van der Waals surface area (Å²) in [5.41, 5.74) is 7.49. The van der Waals surface area contributed by atoms with Crippen LogP contribution in [0.3, 0.4) is 0 Å². The summed E-state index contributed by atoms with van der Waals surface area (Å²) in [6.45, 7) is 0. The predicted molar refractivity (Wildman–Crippen MR) is 134 cm³/mol. The average Bonchev–Trinajstić information content (AvgIpc) is 2.87. The van der Waals surface area contributed by atoms with Crippen LogP contribution >= 0.6 is 11.9 Å². The zero-order chi connectivity index (χ0) is 24.7. The molecule has 1 aliphatic carbocycles. The van der Waals surface area contributed by atoms with Gasteiger partial charge in [-0.2, -0.15) is 0 Å². The van der Waals surface area contributed by atoms with Gasteiger partial charge in [0, 0.05) is 17.2 Å². The number of hydrogen-bond donors (Lipinski definition) is 5. The van der Waals surface area contributed by atoms with Gasteiger partial charge in [-0.1, -0.05) is 30.3 Å². The van der Waals surface area contributed by atoms with Crippen molar-refractivity contribution in [2.24, 2.45) is 5.14 Å². The molecule has 0 saturated heterocycles. The smallest absolute Gasteiger partial charge is 0.196 e. The molecule has 0 radical (unpaired) electrons. The molecule has 0 saturated carbocycles. The first-order valence-corrected chi connectivity index (χ1v) is 11.3. The molecular weight excluding hydrogens is 466 g/mol. The fourth-order valence-electron chi connectivity index (χ4n) is 3.98. The van der Waals surface area contributed by atoms with Crippen LogP contribution in [0.1, 0.15) is 31.8 Å². The number of hydrogen-bond acceptors (Lipinski definition) is 9. The van der Waals surface area contributed by atoms with E-state index in [9.17, 15) is 19.8 Å². The summed E-state index contributed by atoms with van der Waals surface area (Å²) < 4.78 is 5.93. The van der Waals surface area contributed by atoms with Gasteiger partial charge < -0.3 is 26.0 Å². The molecule has 0 unspecified atom stereocenters. The third kappa shape index (κ3) is 3.82. The lowest BCUT2D eigenvalue weighted by molar-refractivity contribution is 0.0980. The van der Waals surface area contributed by atoms with Crippen molar-refractivity contribution in [1.29, 1.82) is 0 Å². The number of nitrogens with one attached hydrogen (secondary N) is 1. The third-order valence-corrected chi connectivity index (χ3v) is 6.24. The molecule has 0 aromatic heterocycles. The third-order valence-electron chi connectivity index (χ3n) is 5.66. The number of phenols is 2. The fraction of sp³-hybridized carbons (Fsp3) is 0. The van der Waals surface area contributed by atoms with Gasteiger partial charge in [0.25, 0.3) is 0 Å². The second-order valence-electron chi connectivity index (χ2n) is 7.78. The normalized spacial score (nSPS) is 12.1. The Labute approximate surface area is 204 Å². The second kappa shape index (κ2) is 8.71. The van der Waals surface area contributed by atoms with Crippen molar-refractivity contribution in [3.05, 3.63) is 95.1 Å². The molecule has 0 bridgehead atoms. The summed E-state index contributed by atoms with van der Waals surface area (Å²) in [5, 5.41) is 28.9. The van der Waals surface area contributed by atoms with Crippen molar-refractivity contribution < 1.29 is 24.5 Å². The van der Waals surface area contributed by atoms with Gasteiger partial charge in [-0.25, -0.2) is 0 Å². The molecule has 35 heavy (non-hydrogen) atoms. The highest BCUT2D eigenvalue weighted by molar-refractivity contribution is 7.97. The van der Waals surface area contributed by atoms with Gasteiger partial charge in [0.05, 0.1) is 33.1 Å². The van der Waals surface area contributed by atoms with E-state index in [1.54, 1.807) is 42.5 Å². The van der Waals surface area contributed by atoms with Gasteiger partial charge in [-0.15, -0.1) is 0 Å². The number of ether oxygens (including phenoxy) is 1. The van der Waals surface area contributed by atoms with E-state index in [-0.39, 0.29) is 62.3 Å². The van der Waals surface area contributed by atoms with Crippen molar-refractivity contribution >= 4 is 40.6 Å². The minimum atomic E-state index is -0.414. The van der Waals surface area contributed by atoms with Crippen LogP contribution < -0.4 is 20.9 Å². The van der Waals surface area contributed by atoms with Gasteiger partial charge in [0.15, 0.2) is 23.1 Å². The zero-order valence-corrected chi connectivity index (χ0v) is 18.9. The molecule has 9 heteroatoms. The topological polar surface area (TPSA) is 148 Å². The summed E-state index contributed by atoms with van der Waals surface area (Å²) in [4.78, 5) is 27.4. The number of carbonyl (C=O) groups excluding carboxylic acids is 2. The van der Waals surface area contributed by atoms with Crippen LogP contribution in [0.4, 0.5) is 17.1 Å². The lowest BCUT2D eigenvalue weighted by Gasteiger charge is -2.24. The first-order valence-electron chi connectivity index (χ1n) is 10.5. The van der Waals surface area contributed by atoms with E-state index < -0.39 is 5.78 Å². The first kappa shape index (κ1) is 22.3. The lowest BCUT2D eigenvalue weighted by Crippen LogP contribution is -2.24. The standard InChI is InChI=1S/C26H19N3O5S/c27-23-19(34-14-10-8-13(30)9-11-14)12-18(29-17-6-3-7-20(35-28)26(17)33)21-22(23)25(32)16-5-2-1-4-15(16)24(21)31/h1-12,29-30,33H,27-28H2. The van der Waals surface area contributed by atoms with Crippen molar-refractivity contribution in [2.45, 2.75) is 4.90 Å². The predicted octanol–water partition coefficient (Wildman–Crippen LogP) is 4.96. The van der Waals surface area contributed by atoms with Crippen molar-refractivity contribution in [3.8, 4) is 23.0 Å². The maximum absolute atomic E-state index is 13.5. The molecular formula is C26H19N3O5S. The molecule has 7 N–H and O–H groups in total. The van der Waals surface area contributed by atoms with Crippen LogP contribution in [-0.2, 0) is 0 Å². The Morgan fingerprint density at radius 1 is 0.800 bits per heavy atom. The Balaban J connectivity index is 1.71. The Bertz CT molecular complexity index is 1500. The highest BCUT2D eigenvalue weighted by Gasteiger charge is 2.35. The second-order valence-corrected chi connectivity index (χ2v) is 8.46. The maximum Gasteiger partial charge on any atom is 0.196 e. The van der Waals surface area contributed by atoms with E-state index in [2.05, 4.69) is 5.32 Å². The number of phenolic OH excluding ortho intramolecular Hbond substituents is 2. The average molecular weight is 486 g/mol. The number of carbonyl (C=O) groups is 2. The van der Waals surface area contributed by atoms with E-state index in [4.69, 9.17) is 15.6 Å². The number of para-hydroxylation sites is 1. The van der Waals surface area contributed by atoms with Gasteiger partial charge >= 0.3 is 0 Å². The molecule has 174 valence electrons. The largest absolute Gasteiger partial charge is 0.508 e. The summed E-state index contributed by atoms with van der Waals surface area (Å²) in [6.07, 6.45) is 0. The SMILES string of the molecule is NSc1cccc(Nc2cc(Oc3ccc(O)cc3)c(N)c3c2C(=O)c2ccccc2C3=O)c1O. The summed E-state index contributed by atoms with van der Waals surface area (Å²) in [6, 6.07) is 18.9. The van der Waals surface area contributed by atoms with Crippen LogP contribution in [0.25, 0.3) is 0 Å². The number of anilines is 3. The number of benzene rings is 4. The van der Waals surface area contributed by atoms with Gasteiger partial charge in [-0.3, -0.25) is 14.7 Å². The number of nitrogen functional groups attached to an aromatic ring is 1. The van der Waals surface area contributed by atoms with E-state index in [1.807, 2.05) is 0 Å². The molecule has 4 aromatic carbocycles. The van der Waals surface area contributed by atoms with E-state index >= 15 is 0 Å². The summed E-state index contributed by atoms with van der Waals surface area (Å²) >= 11 is 0.873. The lowest BCUT2D eigenvalue weighted by atomic mass is 9.82. The van der Waals surface area contributed by atoms with Crippen molar-refractivity contribution in [3.63, 3.8) is 0 Å². The number of fused-ring (bicyclic) bond motifs is 2.